The number of nitrogen functional groups attached to an aromatic ring is 1. The van der Waals surface area contributed by atoms with E-state index in [0.29, 0.717) is 22.5 Å². The third-order valence-electron chi connectivity index (χ3n) is 2.57. The third kappa shape index (κ3) is 2.26. The van der Waals surface area contributed by atoms with Gasteiger partial charge < -0.3 is 5.73 Å². The van der Waals surface area contributed by atoms with E-state index in [0.717, 1.165) is 11.4 Å². The first-order valence-corrected chi connectivity index (χ1v) is 5.83. The molecular formula is C12H15ClN4. The topological polar surface area (TPSA) is 56.7 Å². The number of hydrogen-bond donors (Lipinski definition) is 1. The van der Waals surface area contributed by atoms with E-state index in [9.17, 15) is 0 Å². The summed E-state index contributed by atoms with van der Waals surface area (Å²) >= 11 is 5.88. The average molecular weight is 251 g/mol. The lowest BCUT2D eigenvalue weighted by Gasteiger charge is -2.00. The molecule has 90 valence electrons. The zero-order valence-corrected chi connectivity index (χ0v) is 10.9. The van der Waals surface area contributed by atoms with E-state index in [2.05, 4.69) is 23.9 Å². The van der Waals surface area contributed by atoms with Crippen LogP contribution in [0.5, 0.6) is 0 Å². The Morgan fingerprint density at radius 3 is 2.59 bits per heavy atom. The van der Waals surface area contributed by atoms with Gasteiger partial charge in [-0.3, -0.25) is 4.68 Å². The molecule has 0 radical (unpaired) electrons. The average Bonchev–Trinajstić information content (AvgIpc) is 2.64. The van der Waals surface area contributed by atoms with Crippen molar-refractivity contribution in [2.24, 2.45) is 7.05 Å². The Labute approximate surface area is 105 Å². The van der Waals surface area contributed by atoms with Crippen LogP contribution >= 0.6 is 11.6 Å². The molecular weight excluding hydrogens is 236 g/mol. The number of nitrogens with zero attached hydrogens (tertiary/aromatic N) is 3. The highest BCUT2D eigenvalue weighted by Crippen LogP contribution is 2.25. The van der Waals surface area contributed by atoms with Crippen molar-refractivity contribution < 1.29 is 0 Å². The van der Waals surface area contributed by atoms with Gasteiger partial charge in [-0.1, -0.05) is 25.4 Å². The third-order valence-corrected chi connectivity index (χ3v) is 2.91. The second-order valence-corrected chi connectivity index (χ2v) is 4.72. The largest absolute Gasteiger partial charge is 0.398 e. The summed E-state index contributed by atoms with van der Waals surface area (Å²) < 4.78 is 1.80. The minimum atomic E-state index is 0.339. The molecule has 0 fully saturated rings. The molecule has 5 heteroatoms. The monoisotopic (exact) mass is 250 g/mol. The first kappa shape index (κ1) is 11.9. The number of aromatic nitrogens is 3. The molecule has 0 bridgehead atoms. The molecule has 0 aliphatic heterocycles. The molecule has 0 unspecified atom stereocenters. The number of aryl methyl sites for hydroxylation is 1. The second-order valence-electron chi connectivity index (χ2n) is 4.31. The molecule has 0 saturated carbocycles. The minimum Gasteiger partial charge on any atom is -0.398 e. The Hall–Kier alpha value is -1.55. The van der Waals surface area contributed by atoms with Crippen LogP contribution in [0, 0.1) is 0 Å². The van der Waals surface area contributed by atoms with Gasteiger partial charge in [0.25, 0.3) is 0 Å². The Morgan fingerprint density at radius 1 is 1.35 bits per heavy atom. The Kier molecular flexibility index (Phi) is 3.07. The first-order chi connectivity index (χ1) is 7.99. The number of benzene rings is 1. The van der Waals surface area contributed by atoms with Crippen LogP contribution in [0.1, 0.15) is 25.6 Å². The van der Waals surface area contributed by atoms with E-state index in [-0.39, 0.29) is 0 Å². The maximum absolute atomic E-state index is 5.88. The molecule has 1 aromatic carbocycles. The Bertz CT molecular complexity index is 545. The molecule has 0 aliphatic carbocycles. The van der Waals surface area contributed by atoms with E-state index in [1.807, 2.05) is 13.1 Å². The van der Waals surface area contributed by atoms with Crippen LogP contribution in [0.25, 0.3) is 11.4 Å². The van der Waals surface area contributed by atoms with Crippen LogP contribution in [0.2, 0.25) is 5.02 Å². The molecule has 2 N–H and O–H groups in total. The summed E-state index contributed by atoms with van der Waals surface area (Å²) in [6.45, 7) is 4.17. The van der Waals surface area contributed by atoms with Crippen LogP contribution in [-0.4, -0.2) is 14.8 Å². The zero-order valence-electron chi connectivity index (χ0n) is 10.1. The molecule has 4 nitrogen and oxygen atoms in total. The van der Waals surface area contributed by atoms with Gasteiger partial charge in [0.2, 0.25) is 0 Å². The van der Waals surface area contributed by atoms with Gasteiger partial charge in [0.05, 0.1) is 10.7 Å². The SMILES string of the molecule is CC(C)c1nc(-c2ccc(Cl)c(N)c2)nn1C. The molecule has 0 saturated heterocycles. The predicted molar refractivity (Wildman–Crippen MR) is 70.0 cm³/mol. The van der Waals surface area contributed by atoms with Crippen molar-refractivity contribution in [3.8, 4) is 11.4 Å². The summed E-state index contributed by atoms with van der Waals surface area (Å²) in [5, 5.41) is 4.93. The summed E-state index contributed by atoms with van der Waals surface area (Å²) in [5.41, 5.74) is 7.20. The fourth-order valence-corrected chi connectivity index (χ4v) is 1.82. The maximum Gasteiger partial charge on any atom is 0.181 e. The number of halogens is 1. The molecule has 0 aliphatic rings. The smallest absolute Gasteiger partial charge is 0.181 e. The summed E-state index contributed by atoms with van der Waals surface area (Å²) in [4.78, 5) is 4.50. The van der Waals surface area contributed by atoms with Crippen LogP contribution in [0.3, 0.4) is 0 Å². The van der Waals surface area contributed by atoms with E-state index in [1.54, 1.807) is 16.8 Å². The number of hydrogen-bond acceptors (Lipinski definition) is 3. The van der Waals surface area contributed by atoms with Crippen molar-refractivity contribution >= 4 is 17.3 Å². The van der Waals surface area contributed by atoms with Gasteiger partial charge in [0.15, 0.2) is 5.82 Å². The molecule has 1 heterocycles. The normalized spacial score (nSPS) is 11.1. The van der Waals surface area contributed by atoms with Crippen molar-refractivity contribution in [3.63, 3.8) is 0 Å². The van der Waals surface area contributed by atoms with Crippen LogP contribution in [0.15, 0.2) is 18.2 Å². The maximum atomic E-state index is 5.88. The minimum absolute atomic E-state index is 0.339. The summed E-state index contributed by atoms with van der Waals surface area (Å²) in [6.07, 6.45) is 0. The fourth-order valence-electron chi connectivity index (χ4n) is 1.70. The highest BCUT2D eigenvalue weighted by Gasteiger charge is 2.12. The molecule has 0 atom stereocenters. The van der Waals surface area contributed by atoms with Gasteiger partial charge in [-0.05, 0) is 18.2 Å². The summed E-state index contributed by atoms with van der Waals surface area (Å²) in [6, 6.07) is 5.43. The number of anilines is 1. The summed E-state index contributed by atoms with van der Waals surface area (Å²) in [5.74, 6) is 1.97. The Morgan fingerprint density at radius 2 is 2.06 bits per heavy atom. The standard InChI is InChI=1S/C12H15ClN4/c1-7(2)12-15-11(16-17(12)3)8-4-5-9(13)10(14)6-8/h4-7H,14H2,1-3H3. The number of nitrogens with two attached hydrogens (primary N) is 1. The Balaban J connectivity index is 2.46. The summed E-state index contributed by atoms with van der Waals surface area (Å²) in [7, 11) is 1.89. The van der Waals surface area contributed by atoms with E-state index in [1.165, 1.54) is 0 Å². The lowest BCUT2D eigenvalue weighted by Crippen LogP contribution is -2.00. The lowest BCUT2D eigenvalue weighted by molar-refractivity contribution is 0.655. The van der Waals surface area contributed by atoms with E-state index in [4.69, 9.17) is 17.3 Å². The van der Waals surface area contributed by atoms with Crippen molar-refractivity contribution in [1.82, 2.24) is 14.8 Å². The molecule has 1 aromatic heterocycles. The fraction of sp³-hybridized carbons (Fsp3) is 0.333. The van der Waals surface area contributed by atoms with Crippen LogP contribution in [-0.2, 0) is 7.05 Å². The molecule has 17 heavy (non-hydrogen) atoms. The highest BCUT2D eigenvalue weighted by atomic mass is 35.5. The van der Waals surface area contributed by atoms with Gasteiger partial charge in [-0.2, -0.15) is 5.10 Å². The van der Waals surface area contributed by atoms with Crippen molar-refractivity contribution in [2.75, 3.05) is 5.73 Å². The van der Waals surface area contributed by atoms with Gasteiger partial charge in [-0.25, -0.2) is 4.98 Å². The van der Waals surface area contributed by atoms with Gasteiger partial charge >= 0.3 is 0 Å². The first-order valence-electron chi connectivity index (χ1n) is 5.45. The van der Waals surface area contributed by atoms with Crippen molar-refractivity contribution in [3.05, 3.63) is 29.0 Å². The zero-order chi connectivity index (χ0) is 12.6. The predicted octanol–water partition coefficient (Wildman–Crippen LogP) is 2.84. The quantitative estimate of drug-likeness (QED) is 0.834. The van der Waals surface area contributed by atoms with Gasteiger partial charge in [0.1, 0.15) is 5.82 Å². The van der Waals surface area contributed by atoms with E-state index >= 15 is 0 Å². The van der Waals surface area contributed by atoms with Crippen molar-refractivity contribution in [2.45, 2.75) is 19.8 Å². The molecule has 2 rings (SSSR count). The second kappa shape index (κ2) is 4.37. The van der Waals surface area contributed by atoms with Crippen molar-refractivity contribution in [1.29, 1.82) is 0 Å². The van der Waals surface area contributed by atoms with Gasteiger partial charge in [0, 0.05) is 18.5 Å². The van der Waals surface area contributed by atoms with Crippen LogP contribution in [0.4, 0.5) is 5.69 Å². The lowest BCUT2D eigenvalue weighted by atomic mass is 10.2. The van der Waals surface area contributed by atoms with Gasteiger partial charge in [-0.15, -0.1) is 0 Å². The molecule has 0 spiro atoms. The number of rotatable bonds is 2. The highest BCUT2D eigenvalue weighted by molar-refractivity contribution is 6.33. The molecule has 2 aromatic rings. The van der Waals surface area contributed by atoms with E-state index < -0.39 is 0 Å². The van der Waals surface area contributed by atoms with Crippen LogP contribution < -0.4 is 5.73 Å². The molecule has 0 amide bonds.